The van der Waals surface area contributed by atoms with Gasteiger partial charge >= 0.3 is 0 Å². The zero-order chi connectivity index (χ0) is 16.5. The van der Waals surface area contributed by atoms with Crippen molar-refractivity contribution >= 4 is 22.4 Å². The van der Waals surface area contributed by atoms with E-state index >= 15 is 0 Å². The largest absolute Gasteiger partial charge is 0.392 e. The first-order valence-corrected chi connectivity index (χ1v) is 8.09. The number of amides is 1. The Bertz CT molecular complexity index is 890. The number of pyridine rings is 1. The first kappa shape index (κ1) is 14.8. The van der Waals surface area contributed by atoms with Crippen molar-refractivity contribution in [2.45, 2.75) is 18.9 Å². The third-order valence-corrected chi connectivity index (χ3v) is 4.63. The number of aliphatic hydroxyl groups excluding tert-OH is 1. The smallest absolute Gasteiger partial charge is 0.228 e. The Morgan fingerprint density at radius 3 is 2.75 bits per heavy atom. The second-order valence-electron chi connectivity index (χ2n) is 6.28. The summed E-state index contributed by atoms with van der Waals surface area (Å²) in [5.41, 5.74) is 2.88. The molecule has 0 unspecified atom stereocenters. The molecule has 0 saturated heterocycles. The highest BCUT2D eigenvalue weighted by molar-refractivity contribution is 5.97. The Morgan fingerprint density at radius 2 is 1.96 bits per heavy atom. The Labute approximate surface area is 140 Å². The molecule has 4 nitrogen and oxygen atoms in total. The molecule has 120 valence electrons. The summed E-state index contributed by atoms with van der Waals surface area (Å²) in [5.74, 6) is 0.375. The Morgan fingerprint density at radius 1 is 1.12 bits per heavy atom. The summed E-state index contributed by atoms with van der Waals surface area (Å²) in [6, 6.07) is 15.6. The van der Waals surface area contributed by atoms with Crippen LogP contribution in [0.5, 0.6) is 0 Å². The monoisotopic (exact) mass is 318 g/mol. The van der Waals surface area contributed by atoms with E-state index < -0.39 is 0 Å². The van der Waals surface area contributed by atoms with Crippen LogP contribution in [0.1, 0.15) is 23.5 Å². The predicted octanol–water partition coefficient (Wildman–Crippen LogP) is 3.47. The summed E-state index contributed by atoms with van der Waals surface area (Å²) >= 11 is 0. The lowest BCUT2D eigenvalue weighted by atomic mass is 10.1. The standard InChI is InChI=1S/C20H18N2O2/c23-12-13-1-3-14(4-2-13)18-10-19(18)20(24)22-17-6-5-16-11-21-8-7-15(16)9-17/h1-9,11,18-19,23H,10,12H2,(H,22,24)/t18-,19+/m0/s1. The van der Waals surface area contributed by atoms with E-state index in [4.69, 9.17) is 5.11 Å². The number of carbonyl (C=O) groups is 1. The molecule has 0 spiro atoms. The van der Waals surface area contributed by atoms with Gasteiger partial charge in [-0.25, -0.2) is 0 Å². The van der Waals surface area contributed by atoms with E-state index in [1.165, 1.54) is 0 Å². The zero-order valence-corrected chi connectivity index (χ0v) is 13.1. The maximum absolute atomic E-state index is 12.5. The van der Waals surface area contributed by atoms with Gasteiger partial charge < -0.3 is 10.4 Å². The highest BCUT2D eigenvalue weighted by Crippen LogP contribution is 2.48. The number of carbonyl (C=O) groups excluding carboxylic acids is 1. The Balaban J connectivity index is 1.44. The lowest BCUT2D eigenvalue weighted by Gasteiger charge is -2.07. The lowest BCUT2D eigenvalue weighted by Crippen LogP contribution is -2.14. The van der Waals surface area contributed by atoms with Crippen LogP contribution >= 0.6 is 0 Å². The molecule has 1 fully saturated rings. The summed E-state index contributed by atoms with van der Waals surface area (Å²) in [4.78, 5) is 16.5. The van der Waals surface area contributed by atoms with Crippen LogP contribution in [0.4, 0.5) is 5.69 Å². The van der Waals surface area contributed by atoms with E-state index in [0.717, 1.165) is 34.0 Å². The number of anilines is 1. The number of nitrogens with zero attached hydrogens (tertiary/aromatic N) is 1. The summed E-state index contributed by atoms with van der Waals surface area (Å²) in [5, 5.41) is 14.2. The van der Waals surface area contributed by atoms with Crippen molar-refractivity contribution in [2.75, 3.05) is 5.32 Å². The van der Waals surface area contributed by atoms with Crippen molar-refractivity contribution in [3.63, 3.8) is 0 Å². The number of aliphatic hydroxyl groups is 1. The number of fused-ring (bicyclic) bond motifs is 1. The van der Waals surface area contributed by atoms with Crippen LogP contribution in [0.15, 0.2) is 60.9 Å². The van der Waals surface area contributed by atoms with Gasteiger partial charge in [-0.05, 0) is 47.1 Å². The van der Waals surface area contributed by atoms with E-state index in [0.29, 0.717) is 0 Å². The van der Waals surface area contributed by atoms with Crippen LogP contribution in [0.3, 0.4) is 0 Å². The number of aromatic nitrogens is 1. The van der Waals surface area contributed by atoms with E-state index in [9.17, 15) is 4.79 Å². The first-order chi connectivity index (χ1) is 11.7. The highest BCUT2D eigenvalue weighted by Gasteiger charge is 2.43. The van der Waals surface area contributed by atoms with Crippen molar-refractivity contribution in [2.24, 2.45) is 5.92 Å². The quantitative estimate of drug-likeness (QED) is 0.774. The van der Waals surface area contributed by atoms with Crippen LogP contribution < -0.4 is 5.32 Å². The number of rotatable bonds is 4. The van der Waals surface area contributed by atoms with Crippen LogP contribution in [0, 0.1) is 5.92 Å². The Hall–Kier alpha value is -2.72. The van der Waals surface area contributed by atoms with Crippen molar-refractivity contribution < 1.29 is 9.90 Å². The predicted molar refractivity (Wildman–Crippen MR) is 93.6 cm³/mol. The van der Waals surface area contributed by atoms with Gasteiger partial charge in [0.1, 0.15) is 0 Å². The molecule has 1 aromatic heterocycles. The summed E-state index contributed by atoms with van der Waals surface area (Å²) < 4.78 is 0. The van der Waals surface area contributed by atoms with Crippen LogP contribution in [-0.2, 0) is 11.4 Å². The average Bonchev–Trinajstić information content (AvgIpc) is 3.42. The fourth-order valence-corrected chi connectivity index (χ4v) is 3.12. The second-order valence-corrected chi connectivity index (χ2v) is 6.28. The van der Waals surface area contributed by atoms with Gasteiger partial charge in [-0.3, -0.25) is 9.78 Å². The van der Waals surface area contributed by atoms with Crippen molar-refractivity contribution in [3.8, 4) is 0 Å². The average molecular weight is 318 g/mol. The number of hydrogen-bond donors (Lipinski definition) is 2. The highest BCUT2D eigenvalue weighted by atomic mass is 16.3. The molecule has 4 heteroatoms. The van der Waals surface area contributed by atoms with Gasteiger partial charge in [0.15, 0.2) is 0 Å². The fraction of sp³-hybridized carbons (Fsp3) is 0.200. The van der Waals surface area contributed by atoms with Gasteiger partial charge in [-0.15, -0.1) is 0 Å². The number of nitrogens with one attached hydrogen (secondary N) is 1. The minimum absolute atomic E-state index is 0.0260. The molecule has 0 aliphatic heterocycles. The summed E-state index contributed by atoms with van der Waals surface area (Å²) in [6.45, 7) is 0.0480. The van der Waals surface area contributed by atoms with Crippen molar-refractivity contribution in [1.82, 2.24) is 4.98 Å². The molecule has 1 aliphatic rings. The maximum Gasteiger partial charge on any atom is 0.228 e. The van der Waals surface area contributed by atoms with Gasteiger partial charge in [0.2, 0.25) is 5.91 Å². The molecule has 0 radical (unpaired) electrons. The van der Waals surface area contributed by atoms with Crippen LogP contribution in [0.25, 0.3) is 10.8 Å². The maximum atomic E-state index is 12.5. The summed E-state index contributed by atoms with van der Waals surface area (Å²) in [7, 11) is 0. The molecule has 2 aromatic carbocycles. The molecule has 2 N–H and O–H groups in total. The first-order valence-electron chi connectivity index (χ1n) is 8.09. The SMILES string of the molecule is O=C(Nc1ccc2cnccc2c1)[C@@H]1C[C@H]1c1ccc(CO)cc1. The van der Waals surface area contributed by atoms with Gasteiger partial charge in [-0.2, -0.15) is 0 Å². The van der Waals surface area contributed by atoms with Crippen LogP contribution in [-0.4, -0.2) is 16.0 Å². The van der Waals surface area contributed by atoms with Gasteiger partial charge in [0.05, 0.1) is 6.61 Å². The summed E-state index contributed by atoms with van der Waals surface area (Å²) in [6.07, 6.45) is 4.44. The van der Waals surface area contributed by atoms with Gasteiger partial charge in [0.25, 0.3) is 0 Å². The minimum atomic E-state index is 0.0260. The molecule has 1 amide bonds. The van der Waals surface area contributed by atoms with Crippen molar-refractivity contribution in [3.05, 3.63) is 72.1 Å². The molecule has 2 atom stereocenters. The molecular formula is C20H18N2O2. The van der Waals surface area contributed by atoms with Crippen LogP contribution in [0.2, 0.25) is 0 Å². The number of benzene rings is 2. The normalized spacial score (nSPS) is 19.2. The fourth-order valence-electron chi connectivity index (χ4n) is 3.12. The van der Waals surface area contributed by atoms with E-state index in [1.807, 2.05) is 54.7 Å². The Kier molecular flexibility index (Phi) is 3.75. The van der Waals surface area contributed by atoms with Gasteiger partial charge in [-0.1, -0.05) is 30.3 Å². The molecule has 1 saturated carbocycles. The molecule has 1 heterocycles. The molecule has 0 bridgehead atoms. The third-order valence-electron chi connectivity index (χ3n) is 4.63. The third kappa shape index (κ3) is 2.88. The van der Waals surface area contributed by atoms with E-state index in [1.54, 1.807) is 6.20 Å². The van der Waals surface area contributed by atoms with E-state index in [-0.39, 0.29) is 24.3 Å². The molecule has 4 rings (SSSR count). The zero-order valence-electron chi connectivity index (χ0n) is 13.1. The molecule has 1 aliphatic carbocycles. The van der Waals surface area contributed by atoms with E-state index in [2.05, 4.69) is 10.3 Å². The minimum Gasteiger partial charge on any atom is -0.392 e. The molecule has 3 aromatic rings. The number of hydrogen-bond acceptors (Lipinski definition) is 3. The van der Waals surface area contributed by atoms with Gasteiger partial charge in [0, 0.05) is 29.4 Å². The topological polar surface area (TPSA) is 62.2 Å². The second kappa shape index (κ2) is 6.06. The molecular weight excluding hydrogens is 300 g/mol. The lowest BCUT2D eigenvalue weighted by molar-refractivity contribution is -0.117. The molecule has 24 heavy (non-hydrogen) atoms. The van der Waals surface area contributed by atoms with Crippen molar-refractivity contribution in [1.29, 1.82) is 0 Å².